The van der Waals surface area contributed by atoms with E-state index in [1.165, 1.54) is 54.5 Å². The Kier molecular flexibility index (Phi) is 6.95. The SMILES string of the molecule is C1=CCC(c2cc(-c3ccc(-n4c5ccc6ccccc6c5c5c6ccccc6c(-c6ccccc6)cc54)cc3)nc(-c3ccccc3)n2)C=C1. The Morgan fingerprint density at radius 3 is 1.96 bits per heavy atom. The number of allylic oxidation sites excluding steroid dienone is 4. The van der Waals surface area contributed by atoms with Crippen LogP contribution < -0.4 is 0 Å². The van der Waals surface area contributed by atoms with Crippen LogP contribution in [-0.4, -0.2) is 14.5 Å². The zero-order chi connectivity index (χ0) is 33.7. The molecule has 1 atom stereocenters. The summed E-state index contributed by atoms with van der Waals surface area (Å²) in [5.41, 5.74) is 10.0. The van der Waals surface area contributed by atoms with E-state index in [4.69, 9.17) is 9.97 Å². The molecule has 0 fully saturated rings. The maximum absolute atomic E-state index is 5.11. The van der Waals surface area contributed by atoms with E-state index in [2.05, 4.69) is 168 Å². The Labute approximate surface area is 296 Å². The molecule has 0 aliphatic heterocycles. The third-order valence-corrected chi connectivity index (χ3v) is 10.3. The average molecular weight is 652 g/mol. The molecule has 2 heterocycles. The molecule has 3 heteroatoms. The van der Waals surface area contributed by atoms with Crippen molar-refractivity contribution < 1.29 is 0 Å². The number of fused-ring (bicyclic) bond motifs is 7. The second-order valence-electron chi connectivity index (χ2n) is 13.3. The van der Waals surface area contributed by atoms with E-state index in [1.807, 2.05) is 18.2 Å². The fourth-order valence-electron chi connectivity index (χ4n) is 7.87. The van der Waals surface area contributed by atoms with E-state index in [0.29, 0.717) is 0 Å². The molecule has 9 aromatic rings. The lowest BCUT2D eigenvalue weighted by molar-refractivity contribution is 0.811. The summed E-state index contributed by atoms with van der Waals surface area (Å²) >= 11 is 0. The Morgan fingerprint density at radius 1 is 0.510 bits per heavy atom. The number of hydrogen-bond acceptors (Lipinski definition) is 2. The van der Waals surface area contributed by atoms with Crippen LogP contribution in [0.5, 0.6) is 0 Å². The molecule has 0 N–H and O–H groups in total. The van der Waals surface area contributed by atoms with E-state index in [-0.39, 0.29) is 5.92 Å². The zero-order valence-electron chi connectivity index (χ0n) is 27.9. The maximum atomic E-state index is 5.11. The molecule has 0 spiro atoms. The molecule has 1 unspecified atom stereocenters. The summed E-state index contributed by atoms with van der Waals surface area (Å²) < 4.78 is 2.44. The van der Waals surface area contributed by atoms with E-state index >= 15 is 0 Å². The molecule has 1 aliphatic rings. The predicted molar refractivity (Wildman–Crippen MR) is 213 cm³/mol. The summed E-state index contributed by atoms with van der Waals surface area (Å²) in [6.45, 7) is 0. The summed E-state index contributed by atoms with van der Waals surface area (Å²) in [6.07, 6.45) is 9.61. The van der Waals surface area contributed by atoms with Crippen molar-refractivity contribution >= 4 is 43.4 Å². The first-order valence-electron chi connectivity index (χ1n) is 17.6. The second-order valence-corrected chi connectivity index (χ2v) is 13.3. The van der Waals surface area contributed by atoms with Crippen LogP contribution >= 0.6 is 0 Å². The van der Waals surface area contributed by atoms with E-state index in [0.717, 1.165) is 40.4 Å². The summed E-state index contributed by atoms with van der Waals surface area (Å²) in [5, 5.41) is 7.60. The highest BCUT2D eigenvalue weighted by Gasteiger charge is 2.20. The van der Waals surface area contributed by atoms with Gasteiger partial charge < -0.3 is 4.57 Å². The number of benzene rings is 7. The molecule has 0 saturated carbocycles. The topological polar surface area (TPSA) is 30.7 Å². The van der Waals surface area contributed by atoms with Gasteiger partial charge in [-0.1, -0.05) is 152 Å². The molecule has 0 bridgehead atoms. The average Bonchev–Trinajstić information content (AvgIpc) is 3.56. The van der Waals surface area contributed by atoms with E-state index < -0.39 is 0 Å². The van der Waals surface area contributed by atoms with Gasteiger partial charge in [0, 0.05) is 33.5 Å². The third kappa shape index (κ3) is 4.97. The van der Waals surface area contributed by atoms with Gasteiger partial charge in [0.05, 0.1) is 22.4 Å². The first-order chi connectivity index (χ1) is 25.3. The summed E-state index contributed by atoms with van der Waals surface area (Å²) in [4.78, 5) is 10.2. The first kappa shape index (κ1) is 29.3. The molecule has 7 aromatic carbocycles. The van der Waals surface area contributed by atoms with Crippen LogP contribution in [0.1, 0.15) is 18.0 Å². The summed E-state index contributed by atoms with van der Waals surface area (Å²) in [5.74, 6) is 0.976. The monoisotopic (exact) mass is 651 g/mol. The van der Waals surface area contributed by atoms with Crippen LogP contribution in [0.25, 0.3) is 82.8 Å². The smallest absolute Gasteiger partial charge is 0.160 e. The van der Waals surface area contributed by atoms with E-state index in [1.54, 1.807) is 0 Å². The molecule has 51 heavy (non-hydrogen) atoms. The minimum atomic E-state index is 0.222. The minimum absolute atomic E-state index is 0.222. The van der Waals surface area contributed by atoms with Gasteiger partial charge in [-0.05, 0) is 69.4 Å². The Hall–Kier alpha value is -6.58. The summed E-state index contributed by atoms with van der Waals surface area (Å²) in [6, 6.07) is 56.7. The standard InChI is InChI=1S/C48H33N3/c1-4-14-32(15-5-1)41-30-45-47(40-23-13-12-22-39(40)41)46-38-21-11-10-16-33(38)26-29-44(46)51(45)37-27-24-35(25-28-37)43-31-42(34-17-6-2-7-18-34)49-48(50-43)36-19-8-3-9-20-36/h1-17,19-31,34H,18H2. The zero-order valence-corrected chi connectivity index (χ0v) is 27.9. The molecule has 0 radical (unpaired) electrons. The lowest BCUT2D eigenvalue weighted by atomic mass is 9.94. The Bertz CT molecular complexity index is 2810. The molecule has 10 rings (SSSR count). The highest BCUT2D eigenvalue weighted by Crippen LogP contribution is 2.44. The van der Waals surface area contributed by atoms with Gasteiger partial charge in [-0.2, -0.15) is 0 Å². The maximum Gasteiger partial charge on any atom is 0.160 e. The van der Waals surface area contributed by atoms with Crippen LogP contribution in [-0.2, 0) is 0 Å². The van der Waals surface area contributed by atoms with Crippen molar-refractivity contribution in [3.63, 3.8) is 0 Å². The minimum Gasteiger partial charge on any atom is -0.309 e. The first-order valence-corrected chi connectivity index (χ1v) is 17.6. The highest BCUT2D eigenvalue weighted by atomic mass is 15.0. The fourth-order valence-corrected chi connectivity index (χ4v) is 7.87. The lowest BCUT2D eigenvalue weighted by Crippen LogP contribution is -2.04. The normalized spacial score (nSPS) is 14.2. The van der Waals surface area contributed by atoms with Crippen molar-refractivity contribution in [3.8, 4) is 39.5 Å². The largest absolute Gasteiger partial charge is 0.309 e. The predicted octanol–water partition coefficient (Wildman–Crippen LogP) is 12.5. The van der Waals surface area contributed by atoms with Crippen LogP contribution in [0.3, 0.4) is 0 Å². The molecule has 2 aromatic heterocycles. The van der Waals surface area contributed by atoms with Gasteiger partial charge in [0.2, 0.25) is 0 Å². The molecule has 240 valence electrons. The Balaban J connectivity index is 1.20. The molecule has 1 aliphatic carbocycles. The third-order valence-electron chi connectivity index (χ3n) is 10.3. The van der Waals surface area contributed by atoms with Crippen molar-refractivity contribution in [3.05, 3.63) is 188 Å². The molecular weight excluding hydrogens is 619 g/mol. The van der Waals surface area contributed by atoms with Gasteiger partial charge in [0.15, 0.2) is 5.82 Å². The lowest BCUT2D eigenvalue weighted by Gasteiger charge is -2.16. The second kappa shape index (κ2) is 12.1. The van der Waals surface area contributed by atoms with Gasteiger partial charge in [-0.25, -0.2) is 9.97 Å². The molecular formula is C48H33N3. The van der Waals surface area contributed by atoms with Crippen molar-refractivity contribution in [2.75, 3.05) is 0 Å². The van der Waals surface area contributed by atoms with Crippen molar-refractivity contribution in [1.82, 2.24) is 14.5 Å². The number of aromatic nitrogens is 3. The van der Waals surface area contributed by atoms with Gasteiger partial charge in [0.25, 0.3) is 0 Å². The number of rotatable bonds is 5. The quantitative estimate of drug-likeness (QED) is 0.185. The van der Waals surface area contributed by atoms with Crippen molar-refractivity contribution in [2.45, 2.75) is 12.3 Å². The molecule has 3 nitrogen and oxygen atoms in total. The van der Waals surface area contributed by atoms with Gasteiger partial charge >= 0.3 is 0 Å². The fraction of sp³-hybridized carbons (Fsp3) is 0.0417. The van der Waals surface area contributed by atoms with Crippen molar-refractivity contribution in [1.29, 1.82) is 0 Å². The van der Waals surface area contributed by atoms with Gasteiger partial charge in [-0.15, -0.1) is 0 Å². The Morgan fingerprint density at radius 2 is 1.20 bits per heavy atom. The van der Waals surface area contributed by atoms with Crippen molar-refractivity contribution in [2.24, 2.45) is 0 Å². The van der Waals surface area contributed by atoms with Gasteiger partial charge in [0.1, 0.15) is 0 Å². The molecule has 0 amide bonds. The van der Waals surface area contributed by atoms with Crippen LogP contribution in [0.4, 0.5) is 0 Å². The number of nitrogens with zero attached hydrogens (tertiary/aromatic N) is 3. The van der Waals surface area contributed by atoms with Crippen LogP contribution in [0, 0.1) is 0 Å². The van der Waals surface area contributed by atoms with Crippen LogP contribution in [0.15, 0.2) is 182 Å². The molecule has 0 saturated heterocycles. The summed E-state index contributed by atoms with van der Waals surface area (Å²) in [7, 11) is 0. The van der Waals surface area contributed by atoms with E-state index in [9.17, 15) is 0 Å². The number of hydrogen-bond donors (Lipinski definition) is 0. The highest BCUT2D eigenvalue weighted by molar-refractivity contribution is 6.30. The van der Waals surface area contributed by atoms with Crippen LogP contribution in [0.2, 0.25) is 0 Å². The van der Waals surface area contributed by atoms with Gasteiger partial charge in [-0.3, -0.25) is 0 Å².